The first-order valence-corrected chi connectivity index (χ1v) is 6.71. The number of alkyl halides is 2. The summed E-state index contributed by atoms with van der Waals surface area (Å²) in [7, 11) is 0. The van der Waals surface area contributed by atoms with E-state index in [1.54, 1.807) is 6.20 Å². The first-order chi connectivity index (χ1) is 10.0. The predicted molar refractivity (Wildman–Crippen MR) is 70.9 cm³/mol. The molecule has 0 radical (unpaired) electrons. The summed E-state index contributed by atoms with van der Waals surface area (Å²) in [5.41, 5.74) is 1.10. The third-order valence-corrected chi connectivity index (χ3v) is 4.06. The molecule has 0 N–H and O–H groups in total. The van der Waals surface area contributed by atoms with E-state index in [-0.39, 0.29) is 11.6 Å². The van der Waals surface area contributed by atoms with Crippen LogP contribution in [0, 0.1) is 24.1 Å². The van der Waals surface area contributed by atoms with Gasteiger partial charge in [0.05, 0.1) is 11.1 Å². The van der Waals surface area contributed by atoms with Gasteiger partial charge in [-0.05, 0) is 31.7 Å². The summed E-state index contributed by atoms with van der Waals surface area (Å²) in [6.07, 6.45) is 4.70. The Labute approximate surface area is 119 Å². The molecule has 1 fully saturated rings. The van der Waals surface area contributed by atoms with E-state index in [9.17, 15) is 18.4 Å². The molecule has 0 spiro atoms. The molecule has 3 rings (SSSR count). The van der Waals surface area contributed by atoms with Crippen LogP contribution in [0.5, 0.6) is 5.75 Å². The number of ether oxygens (including phenoxy) is 1. The van der Waals surface area contributed by atoms with Crippen molar-refractivity contribution in [1.29, 1.82) is 5.26 Å². The highest BCUT2D eigenvalue weighted by molar-refractivity contribution is 5.91. The normalized spacial score (nSPS) is 15.2. The number of fused-ring (bicyclic) bond motifs is 1. The van der Waals surface area contributed by atoms with Crippen LogP contribution in [0.1, 0.15) is 36.4 Å². The first kappa shape index (κ1) is 13.8. The van der Waals surface area contributed by atoms with E-state index in [1.807, 2.05) is 10.6 Å². The highest BCUT2D eigenvalue weighted by Crippen LogP contribution is 2.39. The lowest BCUT2D eigenvalue weighted by Crippen LogP contribution is -2.16. The average Bonchev–Trinajstić information content (AvgIpc) is 2.72. The first-order valence-electron chi connectivity index (χ1n) is 6.71. The number of hydrogen-bond acceptors (Lipinski definition) is 2. The summed E-state index contributed by atoms with van der Waals surface area (Å²) in [5.74, 6) is -1.32. The van der Waals surface area contributed by atoms with Crippen molar-refractivity contribution in [3.63, 3.8) is 0 Å². The second kappa shape index (κ2) is 4.99. The fourth-order valence-corrected chi connectivity index (χ4v) is 2.80. The zero-order chi connectivity index (χ0) is 15.1. The number of aryl methyl sites for hydroxylation is 1. The van der Waals surface area contributed by atoms with Gasteiger partial charge in [-0.25, -0.2) is 4.39 Å². The Balaban J connectivity index is 2.25. The number of aromatic nitrogens is 1. The third kappa shape index (κ3) is 2.13. The Bertz CT molecular complexity index is 742. The van der Waals surface area contributed by atoms with E-state index in [0.717, 1.165) is 19.3 Å². The molecule has 2 aromatic rings. The van der Waals surface area contributed by atoms with Crippen LogP contribution in [0.4, 0.5) is 13.2 Å². The molecule has 3 nitrogen and oxygen atoms in total. The number of nitriles is 1. The van der Waals surface area contributed by atoms with Crippen molar-refractivity contribution in [2.75, 3.05) is 0 Å². The molecule has 1 aromatic heterocycles. The van der Waals surface area contributed by atoms with Gasteiger partial charge in [-0.15, -0.1) is 0 Å². The zero-order valence-electron chi connectivity index (χ0n) is 11.4. The number of benzene rings is 1. The molecule has 1 aromatic carbocycles. The SMILES string of the molecule is Cc1c(F)c(OC(F)F)cc2c1c(C#N)cn2C1CCC1. The van der Waals surface area contributed by atoms with Gasteiger partial charge in [-0.2, -0.15) is 14.0 Å². The Kier molecular flexibility index (Phi) is 3.28. The van der Waals surface area contributed by atoms with E-state index in [2.05, 4.69) is 4.74 Å². The molecular weight excluding hydrogens is 281 g/mol. The van der Waals surface area contributed by atoms with Crippen molar-refractivity contribution in [2.45, 2.75) is 38.8 Å². The van der Waals surface area contributed by atoms with Gasteiger partial charge in [-0.3, -0.25) is 0 Å². The zero-order valence-corrected chi connectivity index (χ0v) is 11.4. The van der Waals surface area contributed by atoms with E-state index in [1.165, 1.54) is 13.0 Å². The summed E-state index contributed by atoms with van der Waals surface area (Å²) in [5, 5.41) is 9.69. The third-order valence-electron chi connectivity index (χ3n) is 4.06. The van der Waals surface area contributed by atoms with Crippen LogP contribution in [0.15, 0.2) is 12.3 Å². The molecule has 0 bridgehead atoms. The minimum absolute atomic E-state index is 0.165. The number of halogens is 3. The topological polar surface area (TPSA) is 37.9 Å². The van der Waals surface area contributed by atoms with Gasteiger partial charge in [-0.1, -0.05) is 0 Å². The second-order valence-electron chi connectivity index (χ2n) is 5.23. The summed E-state index contributed by atoms with van der Waals surface area (Å²) < 4.78 is 45.1. The largest absolute Gasteiger partial charge is 0.432 e. The Morgan fingerprint density at radius 2 is 2.14 bits per heavy atom. The molecule has 1 aliphatic carbocycles. The summed E-state index contributed by atoms with van der Waals surface area (Å²) in [6, 6.07) is 3.55. The van der Waals surface area contributed by atoms with Crippen molar-refractivity contribution in [3.05, 3.63) is 29.2 Å². The Morgan fingerprint density at radius 3 is 2.67 bits per heavy atom. The number of rotatable bonds is 3. The fraction of sp³-hybridized carbons (Fsp3) is 0.400. The molecule has 0 aliphatic heterocycles. The maximum Gasteiger partial charge on any atom is 0.387 e. The smallest absolute Gasteiger partial charge is 0.387 e. The van der Waals surface area contributed by atoms with Gasteiger partial charge in [0.25, 0.3) is 0 Å². The van der Waals surface area contributed by atoms with Crippen LogP contribution in [0.25, 0.3) is 10.9 Å². The molecule has 21 heavy (non-hydrogen) atoms. The van der Waals surface area contributed by atoms with Gasteiger partial charge >= 0.3 is 6.61 Å². The lowest BCUT2D eigenvalue weighted by atomic mass is 9.93. The van der Waals surface area contributed by atoms with E-state index in [0.29, 0.717) is 16.5 Å². The van der Waals surface area contributed by atoms with Crippen molar-refractivity contribution in [2.24, 2.45) is 0 Å². The predicted octanol–water partition coefficient (Wildman–Crippen LogP) is 4.29. The maximum absolute atomic E-state index is 14.1. The van der Waals surface area contributed by atoms with Crippen LogP contribution < -0.4 is 4.74 Å². The molecule has 110 valence electrons. The molecule has 1 saturated carbocycles. The minimum atomic E-state index is -3.08. The molecular formula is C15H13F3N2O. The highest BCUT2D eigenvalue weighted by atomic mass is 19.3. The van der Waals surface area contributed by atoms with Gasteiger partial charge < -0.3 is 9.30 Å². The van der Waals surface area contributed by atoms with Crippen molar-refractivity contribution >= 4 is 10.9 Å². The molecule has 6 heteroatoms. The van der Waals surface area contributed by atoms with Crippen LogP contribution in [0.2, 0.25) is 0 Å². The summed E-state index contributed by atoms with van der Waals surface area (Å²) >= 11 is 0. The van der Waals surface area contributed by atoms with Crippen LogP contribution in [-0.2, 0) is 0 Å². The van der Waals surface area contributed by atoms with Gasteiger partial charge in [0.15, 0.2) is 11.6 Å². The van der Waals surface area contributed by atoms with Crippen molar-refractivity contribution in [1.82, 2.24) is 4.57 Å². The van der Waals surface area contributed by atoms with Gasteiger partial charge in [0, 0.05) is 23.7 Å². The minimum Gasteiger partial charge on any atom is -0.432 e. The van der Waals surface area contributed by atoms with E-state index >= 15 is 0 Å². The monoisotopic (exact) mass is 294 g/mol. The quantitative estimate of drug-likeness (QED) is 0.847. The van der Waals surface area contributed by atoms with E-state index in [4.69, 9.17) is 0 Å². The van der Waals surface area contributed by atoms with Crippen LogP contribution >= 0.6 is 0 Å². The average molecular weight is 294 g/mol. The number of nitrogens with zero attached hydrogens (tertiary/aromatic N) is 2. The highest BCUT2D eigenvalue weighted by Gasteiger charge is 2.25. The maximum atomic E-state index is 14.1. The van der Waals surface area contributed by atoms with Crippen molar-refractivity contribution in [3.8, 4) is 11.8 Å². The Hall–Kier alpha value is -2.16. The lowest BCUT2D eigenvalue weighted by molar-refractivity contribution is -0.0521. The Morgan fingerprint density at radius 1 is 1.43 bits per heavy atom. The summed E-state index contributed by atoms with van der Waals surface area (Å²) in [6.45, 7) is -1.61. The van der Waals surface area contributed by atoms with Crippen molar-refractivity contribution < 1.29 is 17.9 Å². The number of hydrogen-bond donors (Lipinski definition) is 0. The molecule has 0 atom stereocenters. The van der Waals surface area contributed by atoms with Gasteiger partial charge in [0.2, 0.25) is 0 Å². The second-order valence-corrected chi connectivity index (χ2v) is 5.23. The standard InChI is InChI=1S/C15H13F3N2O/c1-8-13-9(6-19)7-20(10-3-2-4-10)11(13)5-12(14(8)16)21-15(17)18/h5,7,10,15H,2-4H2,1H3. The fourth-order valence-electron chi connectivity index (χ4n) is 2.80. The van der Waals surface area contributed by atoms with Gasteiger partial charge in [0.1, 0.15) is 6.07 Å². The van der Waals surface area contributed by atoms with Crippen LogP contribution in [0.3, 0.4) is 0 Å². The molecule has 1 aliphatic rings. The molecule has 0 unspecified atom stereocenters. The molecule has 0 amide bonds. The molecule has 1 heterocycles. The lowest BCUT2D eigenvalue weighted by Gasteiger charge is -2.28. The summed E-state index contributed by atoms with van der Waals surface area (Å²) in [4.78, 5) is 0. The van der Waals surface area contributed by atoms with E-state index < -0.39 is 18.2 Å². The van der Waals surface area contributed by atoms with Crippen LogP contribution in [-0.4, -0.2) is 11.2 Å². The molecule has 0 saturated heterocycles.